The molecule has 0 aliphatic carbocycles. The third-order valence-corrected chi connectivity index (χ3v) is 2.33. The summed E-state index contributed by atoms with van der Waals surface area (Å²) < 4.78 is 4.93. The van der Waals surface area contributed by atoms with Crippen molar-refractivity contribution in [2.24, 2.45) is 5.10 Å². The first-order valence-corrected chi connectivity index (χ1v) is 5.34. The fraction of sp³-hybridized carbons (Fsp3) is 0.0769. The molecular formula is C13H12N2O3. The number of carbonyl (C=O) groups excluding carboxylic acids is 1. The van der Waals surface area contributed by atoms with Crippen molar-refractivity contribution >= 4 is 11.6 Å². The van der Waals surface area contributed by atoms with Crippen LogP contribution in [-0.4, -0.2) is 16.7 Å². The molecule has 0 atom stereocenters. The van der Waals surface area contributed by atoms with Gasteiger partial charge in [-0.15, -0.1) is 0 Å². The maximum Gasteiger partial charge on any atom is 0.307 e. The van der Waals surface area contributed by atoms with Crippen molar-refractivity contribution in [3.63, 3.8) is 0 Å². The van der Waals surface area contributed by atoms with Crippen molar-refractivity contribution in [2.75, 3.05) is 0 Å². The highest BCUT2D eigenvalue weighted by molar-refractivity contribution is 6.00. The van der Waals surface area contributed by atoms with E-state index in [1.807, 2.05) is 0 Å². The van der Waals surface area contributed by atoms with E-state index < -0.39 is 5.91 Å². The van der Waals surface area contributed by atoms with Gasteiger partial charge in [0.2, 0.25) is 0 Å². The third-order valence-electron chi connectivity index (χ3n) is 2.33. The largest absolute Gasteiger partial charge is 0.508 e. The molecule has 0 spiro atoms. The first-order chi connectivity index (χ1) is 8.66. The van der Waals surface area contributed by atoms with Gasteiger partial charge in [-0.05, 0) is 31.2 Å². The average molecular weight is 244 g/mol. The van der Waals surface area contributed by atoms with Crippen LogP contribution < -0.4 is 5.43 Å². The zero-order valence-corrected chi connectivity index (χ0v) is 9.75. The number of furan rings is 1. The maximum absolute atomic E-state index is 11.5. The number of amides is 1. The number of phenolic OH excluding ortho intramolecular Hbond substituents is 1. The molecule has 5 heteroatoms. The van der Waals surface area contributed by atoms with E-state index in [1.54, 1.807) is 43.3 Å². The number of hydrogen-bond acceptors (Lipinski definition) is 4. The average Bonchev–Trinajstić information content (AvgIpc) is 2.89. The molecule has 0 fully saturated rings. The topological polar surface area (TPSA) is 74.8 Å². The van der Waals surface area contributed by atoms with Gasteiger partial charge in [0.05, 0.1) is 12.0 Å². The summed E-state index contributed by atoms with van der Waals surface area (Å²) in [6.45, 7) is 1.73. The minimum absolute atomic E-state index is 0.152. The van der Waals surface area contributed by atoms with E-state index in [0.29, 0.717) is 5.71 Å². The Morgan fingerprint density at radius 2 is 2.17 bits per heavy atom. The highest BCUT2D eigenvalue weighted by atomic mass is 16.3. The summed E-state index contributed by atoms with van der Waals surface area (Å²) in [5.74, 6) is -0.0682. The van der Waals surface area contributed by atoms with Crippen LogP contribution in [-0.2, 0) is 0 Å². The fourth-order valence-corrected chi connectivity index (χ4v) is 1.39. The number of aromatic hydroxyl groups is 1. The lowest BCUT2D eigenvalue weighted by Gasteiger charge is -2.02. The summed E-state index contributed by atoms with van der Waals surface area (Å²) in [7, 11) is 0. The monoisotopic (exact) mass is 244 g/mol. The molecule has 0 saturated heterocycles. The number of carbonyl (C=O) groups is 1. The molecule has 18 heavy (non-hydrogen) atoms. The Balaban J connectivity index is 2.08. The van der Waals surface area contributed by atoms with E-state index in [0.717, 1.165) is 5.56 Å². The standard InChI is InChI=1S/C13H12N2O3/c1-9(10-4-2-5-11(16)8-10)14-15-13(17)12-6-3-7-18-12/h2-8,16H,1H3,(H,15,17)/b14-9-. The van der Waals surface area contributed by atoms with Gasteiger partial charge in [-0.3, -0.25) is 4.79 Å². The molecular weight excluding hydrogens is 232 g/mol. The number of rotatable bonds is 3. The highest BCUT2D eigenvalue weighted by Gasteiger charge is 2.07. The minimum atomic E-state index is -0.417. The smallest absolute Gasteiger partial charge is 0.307 e. The van der Waals surface area contributed by atoms with Crippen LogP contribution in [0.1, 0.15) is 23.0 Å². The third kappa shape index (κ3) is 2.76. The zero-order chi connectivity index (χ0) is 13.0. The maximum atomic E-state index is 11.5. The second kappa shape index (κ2) is 5.18. The molecule has 0 radical (unpaired) electrons. The number of phenols is 1. The number of nitrogens with one attached hydrogen (secondary N) is 1. The lowest BCUT2D eigenvalue weighted by Crippen LogP contribution is -2.18. The van der Waals surface area contributed by atoms with E-state index in [9.17, 15) is 9.90 Å². The normalized spacial score (nSPS) is 11.3. The van der Waals surface area contributed by atoms with Crippen LogP contribution in [0.2, 0.25) is 0 Å². The van der Waals surface area contributed by atoms with Gasteiger partial charge in [0.25, 0.3) is 0 Å². The van der Waals surface area contributed by atoms with Crippen molar-refractivity contribution in [3.8, 4) is 5.75 Å². The van der Waals surface area contributed by atoms with E-state index in [2.05, 4.69) is 10.5 Å². The van der Waals surface area contributed by atoms with Gasteiger partial charge in [-0.1, -0.05) is 12.1 Å². The molecule has 2 rings (SSSR count). The Labute approximate surface area is 104 Å². The van der Waals surface area contributed by atoms with E-state index in [1.165, 1.54) is 6.26 Å². The quantitative estimate of drug-likeness (QED) is 0.641. The van der Waals surface area contributed by atoms with Crippen LogP contribution in [0.3, 0.4) is 0 Å². The van der Waals surface area contributed by atoms with Gasteiger partial charge in [-0.25, -0.2) is 5.43 Å². The Morgan fingerprint density at radius 1 is 1.33 bits per heavy atom. The Hall–Kier alpha value is -2.56. The summed E-state index contributed by atoms with van der Waals surface area (Å²) in [5.41, 5.74) is 3.70. The van der Waals surface area contributed by atoms with Crippen molar-refractivity contribution in [2.45, 2.75) is 6.92 Å². The molecule has 5 nitrogen and oxygen atoms in total. The molecule has 92 valence electrons. The van der Waals surface area contributed by atoms with Gasteiger partial charge in [-0.2, -0.15) is 5.10 Å². The van der Waals surface area contributed by atoms with Crippen LogP contribution in [0.25, 0.3) is 0 Å². The van der Waals surface area contributed by atoms with E-state index in [-0.39, 0.29) is 11.5 Å². The van der Waals surface area contributed by atoms with E-state index >= 15 is 0 Å². The van der Waals surface area contributed by atoms with Crippen molar-refractivity contribution in [1.82, 2.24) is 5.43 Å². The summed E-state index contributed by atoms with van der Waals surface area (Å²) >= 11 is 0. The fourth-order valence-electron chi connectivity index (χ4n) is 1.39. The minimum Gasteiger partial charge on any atom is -0.508 e. The molecule has 0 aliphatic heterocycles. The number of hydrazone groups is 1. The molecule has 0 saturated carbocycles. The van der Waals surface area contributed by atoms with Crippen molar-refractivity contribution < 1.29 is 14.3 Å². The Kier molecular flexibility index (Phi) is 3.43. The van der Waals surface area contributed by atoms with Crippen LogP contribution >= 0.6 is 0 Å². The van der Waals surface area contributed by atoms with Crippen LogP contribution in [0.4, 0.5) is 0 Å². The summed E-state index contributed by atoms with van der Waals surface area (Å²) in [6, 6.07) is 9.81. The van der Waals surface area contributed by atoms with Gasteiger partial charge in [0.1, 0.15) is 5.75 Å². The molecule has 1 heterocycles. The predicted octanol–water partition coefficient (Wildman–Crippen LogP) is 2.14. The van der Waals surface area contributed by atoms with Gasteiger partial charge in [0.15, 0.2) is 5.76 Å². The van der Waals surface area contributed by atoms with Crippen LogP contribution in [0.15, 0.2) is 52.2 Å². The molecule has 0 aliphatic rings. The molecule has 0 unspecified atom stereocenters. The molecule has 0 bridgehead atoms. The Bertz CT molecular complexity index is 574. The second-order valence-corrected chi connectivity index (χ2v) is 3.67. The summed E-state index contributed by atoms with van der Waals surface area (Å²) in [4.78, 5) is 11.5. The van der Waals surface area contributed by atoms with Crippen molar-refractivity contribution in [1.29, 1.82) is 0 Å². The van der Waals surface area contributed by atoms with Crippen molar-refractivity contribution in [3.05, 3.63) is 54.0 Å². The number of benzene rings is 1. The molecule has 1 amide bonds. The molecule has 1 aromatic heterocycles. The van der Waals surface area contributed by atoms with Gasteiger partial charge >= 0.3 is 5.91 Å². The van der Waals surface area contributed by atoms with Crippen LogP contribution in [0.5, 0.6) is 5.75 Å². The molecule has 2 aromatic rings. The van der Waals surface area contributed by atoms with Crippen LogP contribution in [0, 0.1) is 0 Å². The molecule has 2 N–H and O–H groups in total. The number of hydrogen-bond donors (Lipinski definition) is 2. The predicted molar refractivity (Wildman–Crippen MR) is 66.5 cm³/mol. The Morgan fingerprint density at radius 3 is 2.83 bits per heavy atom. The summed E-state index contributed by atoms with van der Waals surface area (Å²) in [6.07, 6.45) is 1.42. The van der Waals surface area contributed by atoms with Gasteiger partial charge < -0.3 is 9.52 Å². The number of nitrogens with zero attached hydrogens (tertiary/aromatic N) is 1. The van der Waals surface area contributed by atoms with E-state index in [4.69, 9.17) is 4.42 Å². The zero-order valence-electron chi connectivity index (χ0n) is 9.75. The first kappa shape index (κ1) is 11.9. The first-order valence-electron chi connectivity index (χ1n) is 5.34. The lowest BCUT2D eigenvalue weighted by atomic mass is 10.1. The second-order valence-electron chi connectivity index (χ2n) is 3.67. The summed E-state index contributed by atoms with van der Waals surface area (Å²) in [5, 5.41) is 13.3. The van der Waals surface area contributed by atoms with Gasteiger partial charge in [0, 0.05) is 5.56 Å². The highest BCUT2D eigenvalue weighted by Crippen LogP contribution is 2.11. The SMILES string of the molecule is C/C(=N/NC(=O)c1ccco1)c1cccc(O)c1. The molecule has 1 aromatic carbocycles. The lowest BCUT2D eigenvalue weighted by molar-refractivity contribution is 0.0927.